The van der Waals surface area contributed by atoms with Crippen LogP contribution in [0, 0.1) is 5.92 Å². The van der Waals surface area contributed by atoms with Gasteiger partial charge in [0.05, 0.1) is 11.6 Å². The Morgan fingerprint density at radius 3 is 2.47 bits per heavy atom. The Morgan fingerprint density at radius 2 is 2.00 bits per heavy atom. The minimum Gasteiger partial charge on any atom is -0.378 e. The standard InChI is InChI=1S/C12H21Cl2NO2/c1-3-17-10-4-9(5-10)6-11(16)15-12(2,7-13)8-14/h9-10H,3-8H2,1-2H3,(H,15,16). The van der Waals surface area contributed by atoms with E-state index < -0.39 is 5.54 Å². The molecule has 0 atom stereocenters. The maximum Gasteiger partial charge on any atom is 0.220 e. The third-order valence-corrected chi connectivity index (χ3v) is 4.28. The third kappa shape index (κ3) is 4.65. The van der Waals surface area contributed by atoms with E-state index in [-0.39, 0.29) is 5.91 Å². The van der Waals surface area contributed by atoms with Crippen LogP contribution in [-0.4, -0.2) is 35.9 Å². The van der Waals surface area contributed by atoms with Gasteiger partial charge in [0.15, 0.2) is 0 Å². The molecule has 0 aliphatic heterocycles. The molecule has 0 aromatic rings. The highest BCUT2D eigenvalue weighted by Gasteiger charge is 2.32. The topological polar surface area (TPSA) is 38.3 Å². The van der Waals surface area contributed by atoms with Crippen LogP contribution < -0.4 is 5.32 Å². The van der Waals surface area contributed by atoms with Crippen LogP contribution >= 0.6 is 23.2 Å². The van der Waals surface area contributed by atoms with Crippen molar-refractivity contribution in [3.05, 3.63) is 0 Å². The first-order valence-corrected chi connectivity index (χ1v) is 7.14. The number of ether oxygens (including phenoxy) is 1. The Morgan fingerprint density at radius 1 is 1.41 bits per heavy atom. The third-order valence-electron chi connectivity index (χ3n) is 3.10. The monoisotopic (exact) mass is 281 g/mol. The Hall–Kier alpha value is 0.01000. The highest BCUT2D eigenvalue weighted by atomic mass is 35.5. The molecule has 1 rings (SSSR count). The predicted octanol–water partition coefficient (Wildman–Crippen LogP) is 2.54. The Bertz CT molecular complexity index is 251. The quantitative estimate of drug-likeness (QED) is 0.729. The molecule has 0 saturated heterocycles. The zero-order valence-electron chi connectivity index (χ0n) is 10.5. The first-order chi connectivity index (χ1) is 8.03. The second-order valence-corrected chi connectivity index (χ2v) is 5.53. The molecule has 1 saturated carbocycles. The fourth-order valence-corrected chi connectivity index (χ4v) is 2.38. The van der Waals surface area contributed by atoms with E-state index in [1.165, 1.54) is 0 Å². The highest BCUT2D eigenvalue weighted by Crippen LogP contribution is 2.32. The molecule has 0 heterocycles. The molecule has 0 spiro atoms. The van der Waals surface area contributed by atoms with Gasteiger partial charge in [0.1, 0.15) is 0 Å². The van der Waals surface area contributed by atoms with Crippen molar-refractivity contribution in [2.75, 3.05) is 18.4 Å². The van der Waals surface area contributed by atoms with E-state index in [1.54, 1.807) is 0 Å². The van der Waals surface area contributed by atoms with Crippen molar-refractivity contribution in [1.82, 2.24) is 5.32 Å². The van der Waals surface area contributed by atoms with Gasteiger partial charge in [0, 0.05) is 24.8 Å². The molecule has 0 unspecified atom stereocenters. The average molecular weight is 282 g/mol. The van der Waals surface area contributed by atoms with E-state index in [1.807, 2.05) is 13.8 Å². The molecule has 0 aromatic carbocycles. The number of halogens is 2. The number of amides is 1. The van der Waals surface area contributed by atoms with Crippen LogP contribution in [0.3, 0.4) is 0 Å². The fraction of sp³-hybridized carbons (Fsp3) is 0.917. The normalized spacial score (nSPS) is 24.2. The molecule has 3 nitrogen and oxygen atoms in total. The molecule has 1 aliphatic rings. The number of carbonyl (C=O) groups is 1. The number of nitrogens with one attached hydrogen (secondary N) is 1. The van der Waals surface area contributed by atoms with Crippen molar-refractivity contribution in [1.29, 1.82) is 0 Å². The second kappa shape index (κ2) is 6.81. The summed E-state index contributed by atoms with van der Waals surface area (Å²) in [5, 5.41) is 2.90. The molecular weight excluding hydrogens is 261 g/mol. The maximum absolute atomic E-state index is 11.8. The molecular formula is C12H21Cl2NO2. The van der Waals surface area contributed by atoms with Crippen LogP contribution in [0.2, 0.25) is 0 Å². The van der Waals surface area contributed by atoms with Crippen LogP contribution in [0.1, 0.15) is 33.1 Å². The lowest BCUT2D eigenvalue weighted by atomic mass is 9.79. The van der Waals surface area contributed by atoms with Crippen LogP contribution in [0.15, 0.2) is 0 Å². The van der Waals surface area contributed by atoms with Crippen molar-refractivity contribution >= 4 is 29.1 Å². The van der Waals surface area contributed by atoms with E-state index in [4.69, 9.17) is 27.9 Å². The van der Waals surface area contributed by atoms with Gasteiger partial charge in [-0.3, -0.25) is 4.79 Å². The average Bonchev–Trinajstić information content (AvgIpc) is 2.26. The minimum atomic E-state index is -0.497. The molecule has 17 heavy (non-hydrogen) atoms. The van der Waals surface area contributed by atoms with Crippen LogP contribution in [0.25, 0.3) is 0 Å². The Kier molecular flexibility index (Phi) is 6.04. The SMILES string of the molecule is CCOC1CC(CC(=O)NC(C)(CCl)CCl)C1. The van der Waals surface area contributed by atoms with Crippen molar-refractivity contribution in [2.45, 2.75) is 44.8 Å². The second-order valence-electron chi connectivity index (χ2n) is 5.00. The number of carbonyl (C=O) groups excluding carboxylic acids is 1. The molecule has 0 radical (unpaired) electrons. The summed E-state index contributed by atoms with van der Waals surface area (Å²) in [6.45, 7) is 4.60. The van der Waals surface area contributed by atoms with Gasteiger partial charge < -0.3 is 10.1 Å². The van der Waals surface area contributed by atoms with E-state index in [9.17, 15) is 4.79 Å². The molecule has 0 aromatic heterocycles. The molecule has 5 heteroatoms. The van der Waals surface area contributed by atoms with Crippen molar-refractivity contribution in [3.63, 3.8) is 0 Å². The summed E-state index contributed by atoms with van der Waals surface area (Å²) < 4.78 is 5.46. The van der Waals surface area contributed by atoms with Gasteiger partial charge in [0.2, 0.25) is 5.91 Å². The van der Waals surface area contributed by atoms with Gasteiger partial charge in [-0.25, -0.2) is 0 Å². The van der Waals surface area contributed by atoms with Gasteiger partial charge in [-0.15, -0.1) is 23.2 Å². The number of rotatable bonds is 7. The zero-order chi connectivity index (χ0) is 12.9. The van der Waals surface area contributed by atoms with Gasteiger partial charge in [-0.2, -0.15) is 0 Å². The summed E-state index contributed by atoms with van der Waals surface area (Å²) in [5.74, 6) is 1.14. The number of hydrogen-bond acceptors (Lipinski definition) is 2. The Labute approximate surface area is 113 Å². The van der Waals surface area contributed by atoms with Crippen LogP contribution in [0.5, 0.6) is 0 Å². The smallest absolute Gasteiger partial charge is 0.220 e. The largest absolute Gasteiger partial charge is 0.378 e. The lowest BCUT2D eigenvalue weighted by Crippen LogP contribution is -2.50. The molecule has 0 bridgehead atoms. The summed E-state index contributed by atoms with van der Waals surface area (Å²) in [6, 6.07) is 0. The van der Waals surface area contributed by atoms with Gasteiger partial charge in [-0.1, -0.05) is 0 Å². The highest BCUT2D eigenvalue weighted by molar-refractivity contribution is 6.22. The van der Waals surface area contributed by atoms with Gasteiger partial charge >= 0.3 is 0 Å². The van der Waals surface area contributed by atoms with Crippen LogP contribution in [-0.2, 0) is 9.53 Å². The number of alkyl halides is 2. The summed E-state index contributed by atoms with van der Waals surface area (Å²) in [4.78, 5) is 11.8. The lowest BCUT2D eigenvalue weighted by Gasteiger charge is -2.35. The van der Waals surface area contributed by atoms with E-state index >= 15 is 0 Å². The van der Waals surface area contributed by atoms with E-state index in [2.05, 4.69) is 5.32 Å². The van der Waals surface area contributed by atoms with E-state index in [0.717, 1.165) is 19.4 Å². The molecule has 1 amide bonds. The van der Waals surface area contributed by atoms with Crippen molar-refractivity contribution in [3.8, 4) is 0 Å². The number of hydrogen-bond donors (Lipinski definition) is 1. The molecule has 1 aliphatic carbocycles. The summed E-state index contributed by atoms with van der Waals surface area (Å²) in [6.07, 6.45) is 2.87. The maximum atomic E-state index is 11.8. The zero-order valence-corrected chi connectivity index (χ0v) is 12.0. The fourth-order valence-electron chi connectivity index (χ4n) is 1.97. The first-order valence-electron chi connectivity index (χ1n) is 6.07. The first kappa shape index (κ1) is 15.1. The van der Waals surface area contributed by atoms with Crippen LogP contribution in [0.4, 0.5) is 0 Å². The van der Waals surface area contributed by atoms with Gasteiger partial charge in [0.25, 0.3) is 0 Å². The molecule has 100 valence electrons. The minimum absolute atomic E-state index is 0.0359. The molecule has 1 fully saturated rings. The predicted molar refractivity (Wildman–Crippen MR) is 70.7 cm³/mol. The summed E-state index contributed by atoms with van der Waals surface area (Å²) in [5.41, 5.74) is -0.497. The molecule has 1 N–H and O–H groups in total. The van der Waals surface area contributed by atoms with E-state index in [0.29, 0.717) is 30.2 Å². The van der Waals surface area contributed by atoms with Crippen molar-refractivity contribution in [2.24, 2.45) is 5.92 Å². The Balaban J connectivity index is 2.23. The summed E-state index contributed by atoms with van der Waals surface area (Å²) >= 11 is 11.6. The summed E-state index contributed by atoms with van der Waals surface area (Å²) in [7, 11) is 0. The van der Waals surface area contributed by atoms with Gasteiger partial charge in [-0.05, 0) is 32.6 Å². The van der Waals surface area contributed by atoms with Crippen molar-refractivity contribution < 1.29 is 9.53 Å². The lowest BCUT2D eigenvalue weighted by molar-refractivity contribution is -0.125.